The number of aryl methyl sites for hydroxylation is 2. The summed E-state index contributed by atoms with van der Waals surface area (Å²) in [7, 11) is 0. The number of hydrogen-bond acceptors (Lipinski definition) is 1. The normalized spacial score (nSPS) is 16.8. The highest BCUT2D eigenvalue weighted by Crippen LogP contribution is 2.30. The maximum Gasteiger partial charge on any atom is 0.411 e. The molecule has 0 saturated carbocycles. The molecule has 20 heavy (non-hydrogen) atoms. The Morgan fingerprint density at radius 1 is 1.15 bits per heavy atom. The van der Waals surface area contributed by atoms with Crippen LogP contribution < -0.4 is 0 Å². The number of benzene rings is 1. The maximum atomic E-state index is 12.0. The molecule has 2 rings (SSSR count). The molecule has 1 aliphatic rings. The van der Waals surface area contributed by atoms with E-state index in [4.69, 9.17) is 0 Å². The van der Waals surface area contributed by atoms with Crippen LogP contribution in [-0.2, 0) is 17.6 Å². The first-order valence-corrected chi connectivity index (χ1v) is 7.77. The highest BCUT2D eigenvalue weighted by molar-refractivity contribution is 9.09. The third-order valence-corrected chi connectivity index (χ3v) is 4.50. The minimum Gasteiger partial charge on any atom is -0.372 e. The summed E-state index contributed by atoms with van der Waals surface area (Å²) in [4.78, 5) is 0.0444. The molecule has 0 heterocycles. The predicted octanol–water partition coefficient (Wildman–Crippen LogP) is 4.97. The number of hydrogen-bond donors (Lipinski definition) is 0. The second-order valence-electron chi connectivity index (χ2n) is 5.16. The van der Waals surface area contributed by atoms with Crippen molar-refractivity contribution in [2.24, 2.45) is 0 Å². The van der Waals surface area contributed by atoms with E-state index in [-0.39, 0.29) is 11.4 Å². The largest absolute Gasteiger partial charge is 0.411 e. The van der Waals surface area contributed by atoms with Gasteiger partial charge in [0, 0.05) is 11.4 Å². The number of ether oxygens (including phenoxy) is 1. The lowest BCUT2D eigenvalue weighted by molar-refractivity contribution is -0.174. The fraction of sp³-hybridized carbons (Fsp3) is 0.600. The van der Waals surface area contributed by atoms with Crippen molar-refractivity contribution in [1.29, 1.82) is 0 Å². The Hall–Kier alpha value is -0.550. The zero-order valence-electron chi connectivity index (χ0n) is 11.2. The number of alkyl halides is 4. The fourth-order valence-electron chi connectivity index (χ4n) is 2.49. The molecular formula is C15H18BrF3O. The van der Waals surface area contributed by atoms with Gasteiger partial charge in [-0.25, -0.2) is 0 Å². The van der Waals surface area contributed by atoms with E-state index in [9.17, 15) is 13.2 Å². The van der Waals surface area contributed by atoms with Crippen molar-refractivity contribution in [1.82, 2.24) is 0 Å². The Balaban J connectivity index is 1.84. The van der Waals surface area contributed by atoms with Gasteiger partial charge in [-0.3, -0.25) is 0 Å². The van der Waals surface area contributed by atoms with Gasteiger partial charge in [-0.2, -0.15) is 13.2 Å². The fourth-order valence-corrected chi connectivity index (χ4v) is 2.96. The predicted molar refractivity (Wildman–Crippen MR) is 76.2 cm³/mol. The van der Waals surface area contributed by atoms with Gasteiger partial charge >= 0.3 is 6.18 Å². The first-order valence-electron chi connectivity index (χ1n) is 6.86. The summed E-state index contributed by atoms with van der Waals surface area (Å²) in [5.41, 5.74) is 3.92. The van der Waals surface area contributed by atoms with E-state index in [1.54, 1.807) is 0 Å². The van der Waals surface area contributed by atoms with Crippen LogP contribution in [0, 0.1) is 0 Å². The van der Waals surface area contributed by atoms with Crippen LogP contribution in [0.15, 0.2) is 18.2 Å². The van der Waals surface area contributed by atoms with Crippen LogP contribution in [0.1, 0.15) is 40.8 Å². The first kappa shape index (κ1) is 15.8. The Morgan fingerprint density at radius 3 is 2.55 bits per heavy atom. The van der Waals surface area contributed by atoms with Gasteiger partial charge < -0.3 is 4.74 Å². The third kappa shape index (κ3) is 4.77. The molecular weight excluding hydrogens is 333 g/mol. The Kier molecular flexibility index (Phi) is 5.49. The molecule has 0 bridgehead atoms. The first-order chi connectivity index (χ1) is 9.46. The molecule has 1 aromatic carbocycles. The number of halogens is 4. The van der Waals surface area contributed by atoms with Crippen LogP contribution in [0.2, 0.25) is 0 Å². The van der Waals surface area contributed by atoms with E-state index in [2.05, 4.69) is 38.9 Å². The Morgan fingerprint density at radius 2 is 1.85 bits per heavy atom. The molecule has 0 saturated heterocycles. The van der Waals surface area contributed by atoms with Crippen LogP contribution in [0.25, 0.3) is 0 Å². The lowest BCUT2D eigenvalue weighted by atomic mass is 9.90. The Labute approximate surface area is 125 Å². The third-order valence-electron chi connectivity index (χ3n) is 3.52. The van der Waals surface area contributed by atoms with Crippen molar-refractivity contribution < 1.29 is 17.9 Å². The van der Waals surface area contributed by atoms with Crippen LogP contribution in [-0.4, -0.2) is 19.4 Å². The van der Waals surface area contributed by atoms with Gasteiger partial charge in [0.2, 0.25) is 0 Å². The van der Waals surface area contributed by atoms with Gasteiger partial charge in [-0.15, -0.1) is 0 Å². The molecule has 0 spiro atoms. The molecule has 1 aliphatic carbocycles. The molecule has 0 fully saturated rings. The standard InChI is InChI=1S/C15H18BrF3O/c16-14(7-8-20-10-15(17,18)19)13-6-5-11-3-1-2-4-12(11)9-13/h5-6,9,14H,1-4,7-8,10H2. The van der Waals surface area contributed by atoms with Crippen molar-refractivity contribution in [2.45, 2.75) is 43.1 Å². The molecule has 0 aromatic heterocycles. The molecule has 1 nitrogen and oxygen atoms in total. The van der Waals surface area contributed by atoms with Gasteiger partial charge in [0.1, 0.15) is 6.61 Å². The van der Waals surface area contributed by atoms with E-state index < -0.39 is 12.8 Å². The van der Waals surface area contributed by atoms with Gasteiger partial charge in [-0.1, -0.05) is 34.1 Å². The molecule has 1 unspecified atom stereocenters. The van der Waals surface area contributed by atoms with Crippen LogP contribution in [0.4, 0.5) is 13.2 Å². The molecule has 0 aliphatic heterocycles. The lowest BCUT2D eigenvalue weighted by Crippen LogP contribution is -2.17. The zero-order chi connectivity index (χ0) is 14.6. The smallest absolute Gasteiger partial charge is 0.372 e. The molecule has 0 amide bonds. The van der Waals surface area contributed by atoms with Crippen molar-refractivity contribution in [3.63, 3.8) is 0 Å². The van der Waals surface area contributed by atoms with E-state index >= 15 is 0 Å². The second kappa shape index (κ2) is 6.94. The molecule has 1 aromatic rings. The molecule has 5 heteroatoms. The van der Waals surface area contributed by atoms with Crippen molar-refractivity contribution in [3.05, 3.63) is 34.9 Å². The summed E-state index contributed by atoms with van der Waals surface area (Å²) in [6.07, 6.45) is 1.00. The minimum absolute atomic E-state index is 0.0444. The average Bonchev–Trinajstić information content (AvgIpc) is 2.42. The zero-order valence-corrected chi connectivity index (χ0v) is 12.8. The molecule has 112 valence electrons. The molecule has 0 radical (unpaired) electrons. The van der Waals surface area contributed by atoms with Gasteiger partial charge in [0.15, 0.2) is 0 Å². The van der Waals surface area contributed by atoms with Gasteiger partial charge in [-0.05, 0) is 48.8 Å². The van der Waals surface area contributed by atoms with Crippen molar-refractivity contribution >= 4 is 15.9 Å². The highest BCUT2D eigenvalue weighted by atomic mass is 79.9. The number of rotatable bonds is 5. The summed E-state index contributed by atoms with van der Waals surface area (Å²) in [6, 6.07) is 6.39. The summed E-state index contributed by atoms with van der Waals surface area (Å²) in [6.45, 7) is -1.07. The minimum atomic E-state index is -4.24. The van der Waals surface area contributed by atoms with E-state index in [1.165, 1.54) is 24.0 Å². The molecule has 1 atom stereocenters. The van der Waals surface area contributed by atoms with E-state index in [0.29, 0.717) is 6.42 Å². The number of fused-ring (bicyclic) bond motifs is 1. The second-order valence-corrected chi connectivity index (χ2v) is 6.26. The van der Waals surface area contributed by atoms with E-state index in [1.807, 2.05) is 0 Å². The topological polar surface area (TPSA) is 9.23 Å². The summed E-state index contributed by atoms with van der Waals surface area (Å²) in [5.74, 6) is 0. The monoisotopic (exact) mass is 350 g/mol. The van der Waals surface area contributed by atoms with E-state index in [0.717, 1.165) is 18.4 Å². The van der Waals surface area contributed by atoms with Crippen LogP contribution >= 0.6 is 15.9 Å². The van der Waals surface area contributed by atoms with Crippen LogP contribution in [0.5, 0.6) is 0 Å². The Bertz CT molecular complexity index is 445. The SMILES string of the molecule is FC(F)(F)COCCC(Br)c1ccc2c(c1)CCCC2. The van der Waals surface area contributed by atoms with Crippen LogP contribution in [0.3, 0.4) is 0 Å². The van der Waals surface area contributed by atoms with Crippen molar-refractivity contribution in [3.8, 4) is 0 Å². The lowest BCUT2D eigenvalue weighted by Gasteiger charge is -2.18. The summed E-state index contributed by atoms with van der Waals surface area (Å²) < 4.78 is 40.5. The van der Waals surface area contributed by atoms with Gasteiger partial charge in [0.05, 0.1) is 0 Å². The highest BCUT2D eigenvalue weighted by Gasteiger charge is 2.27. The maximum absolute atomic E-state index is 12.0. The average molecular weight is 351 g/mol. The summed E-state index contributed by atoms with van der Waals surface area (Å²) in [5, 5.41) is 0. The molecule has 0 N–H and O–H groups in total. The van der Waals surface area contributed by atoms with Gasteiger partial charge in [0.25, 0.3) is 0 Å². The van der Waals surface area contributed by atoms with Crippen molar-refractivity contribution in [2.75, 3.05) is 13.2 Å². The summed E-state index contributed by atoms with van der Waals surface area (Å²) >= 11 is 3.53. The quantitative estimate of drug-likeness (QED) is 0.538.